The van der Waals surface area contributed by atoms with Gasteiger partial charge >= 0.3 is 0 Å². The molecule has 4 nitrogen and oxygen atoms in total. The van der Waals surface area contributed by atoms with Gasteiger partial charge in [-0.1, -0.05) is 24.2 Å². The van der Waals surface area contributed by atoms with Crippen LogP contribution in [0.3, 0.4) is 0 Å². The molecule has 0 amide bonds. The molecule has 0 aliphatic heterocycles. The third-order valence-electron chi connectivity index (χ3n) is 1.75. The first-order valence-electron chi connectivity index (χ1n) is 4.26. The largest absolute Gasteiger partial charge is 0.244 e. The Morgan fingerprint density at radius 3 is 2.93 bits per heavy atom. The molecule has 82 valence electrons. The molecule has 1 rings (SSSR count). The van der Waals surface area contributed by atoms with Crippen molar-refractivity contribution >= 4 is 21.6 Å². The minimum atomic E-state index is -3.35. The maximum absolute atomic E-state index is 11.0. The lowest BCUT2D eigenvalue weighted by Crippen LogP contribution is -2.23. The van der Waals surface area contributed by atoms with Crippen LogP contribution >= 0.6 is 11.6 Å². The van der Waals surface area contributed by atoms with Crippen molar-refractivity contribution in [3.8, 4) is 0 Å². The topological polar surface area (TPSA) is 59.1 Å². The zero-order valence-corrected chi connectivity index (χ0v) is 9.55. The Bertz CT molecular complexity index is 445. The van der Waals surface area contributed by atoms with E-state index in [2.05, 4.69) is 16.3 Å². The fraction of sp³-hybridized carbons (Fsp3) is 0.222. The summed E-state index contributed by atoms with van der Waals surface area (Å²) in [6, 6.07) is 3.56. The van der Waals surface area contributed by atoms with Crippen LogP contribution in [0.5, 0.6) is 0 Å². The molecule has 15 heavy (non-hydrogen) atoms. The number of sulfonamides is 1. The van der Waals surface area contributed by atoms with Gasteiger partial charge in [0.2, 0.25) is 10.0 Å². The molecule has 0 aliphatic rings. The first-order valence-corrected chi connectivity index (χ1v) is 6.19. The maximum atomic E-state index is 11.0. The first-order chi connectivity index (χ1) is 7.05. The van der Waals surface area contributed by atoms with Crippen molar-refractivity contribution in [1.82, 2.24) is 9.71 Å². The molecule has 0 aliphatic carbocycles. The van der Waals surface area contributed by atoms with E-state index in [1.54, 1.807) is 18.3 Å². The summed E-state index contributed by atoms with van der Waals surface area (Å²) >= 11 is 5.80. The van der Waals surface area contributed by atoms with E-state index < -0.39 is 10.0 Å². The normalized spacial score (nSPS) is 11.3. The van der Waals surface area contributed by atoms with E-state index in [9.17, 15) is 8.42 Å². The number of hydrogen-bond acceptors (Lipinski definition) is 3. The molecule has 0 fully saturated rings. The number of nitrogens with one attached hydrogen (secondary N) is 1. The van der Waals surface area contributed by atoms with Gasteiger partial charge in [-0.05, 0) is 18.1 Å². The molecule has 1 aromatic rings. The van der Waals surface area contributed by atoms with Gasteiger partial charge in [-0.2, -0.15) is 0 Å². The fourth-order valence-electron chi connectivity index (χ4n) is 0.993. The molecule has 1 aromatic heterocycles. The van der Waals surface area contributed by atoms with Crippen molar-refractivity contribution in [1.29, 1.82) is 0 Å². The monoisotopic (exact) mass is 246 g/mol. The Balaban J connectivity index is 2.52. The highest BCUT2D eigenvalue weighted by Crippen LogP contribution is 2.11. The average molecular weight is 247 g/mol. The number of rotatable bonds is 5. The van der Waals surface area contributed by atoms with Gasteiger partial charge in [0, 0.05) is 18.1 Å². The Morgan fingerprint density at radius 1 is 1.60 bits per heavy atom. The van der Waals surface area contributed by atoms with Gasteiger partial charge in [-0.3, -0.25) is 0 Å². The molecular formula is C9H11ClN2O2S. The molecular weight excluding hydrogens is 236 g/mol. The van der Waals surface area contributed by atoms with Crippen LogP contribution in [0.15, 0.2) is 30.3 Å². The van der Waals surface area contributed by atoms with Crippen LogP contribution in [0, 0.1) is 0 Å². The van der Waals surface area contributed by atoms with Crippen molar-refractivity contribution < 1.29 is 8.42 Å². The lowest BCUT2D eigenvalue weighted by molar-refractivity contribution is 0.591. The van der Waals surface area contributed by atoms with Crippen molar-refractivity contribution in [3.05, 3.63) is 41.0 Å². The van der Waals surface area contributed by atoms with Gasteiger partial charge in [0.05, 0.1) is 0 Å². The first kappa shape index (κ1) is 12.2. The summed E-state index contributed by atoms with van der Waals surface area (Å²) in [4.78, 5) is 3.88. The summed E-state index contributed by atoms with van der Waals surface area (Å²) < 4.78 is 24.3. The zero-order valence-electron chi connectivity index (χ0n) is 7.98. The summed E-state index contributed by atoms with van der Waals surface area (Å²) in [6.07, 6.45) is 2.08. The van der Waals surface area contributed by atoms with E-state index in [0.29, 0.717) is 11.6 Å². The second-order valence-electron chi connectivity index (χ2n) is 2.81. The number of pyridine rings is 1. The van der Waals surface area contributed by atoms with Gasteiger partial charge in [-0.15, -0.1) is 0 Å². The van der Waals surface area contributed by atoms with Crippen LogP contribution in [-0.2, 0) is 16.4 Å². The third-order valence-corrected chi connectivity index (χ3v) is 3.14. The van der Waals surface area contributed by atoms with Crippen LogP contribution in [0.2, 0.25) is 5.15 Å². The Morgan fingerprint density at radius 2 is 2.33 bits per heavy atom. The molecule has 0 bridgehead atoms. The number of halogens is 1. The second-order valence-corrected chi connectivity index (χ2v) is 4.88. The van der Waals surface area contributed by atoms with Crippen LogP contribution in [-0.4, -0.2) is 19.9 Å². The van der Waals surface area contributed by atoms with Crippen molar-refractivity contribution in [2.45, 2.75) is 6.42 Å². The summed E-state index contributed by atoms with van der Waals surface area (Å²) in [7, 11) is -3.35. The van der Waals surface area contributed by atoms with Crippen molar-refractivity contribution in [2.24, 2.45) is 0 Å². The molecule has 0 saturated heterocycles. The second kappa shape index (κ2) is 5.25. The van der Waals surface area contributed by atoms with Crippen LogP contribution in [0.25, 0.3) is 0 Å². The van der Waals surface area contributed by atoms with E-state index in [0.717, 1.165) is 11.0 Å². The number of nitrogens with zero attached hydrogens (tertiary/aromatic N) is 1. The molecule has 1 heterocycles. The number of hydrogen-bond donors (Lipinski definition) is 1. The van der Waals surface area contributed by atoms with E-state index in [1.165, 1.54) is 0 Å². The van der Waals surface area contributed by atoms with E-state index in [1.807, 2.05) is 0 Å². The molecule has 0 unspecified atom stereocenters. The van der Waals surface area contributed by atoms with Crippen LogP contribution in [0.4, 0.5) is 0 Å². The molecule has 6 heteroatoms. The fourth-order valence-corrected chi connectivity index (χ4v) is 1.71. The summed E-state index contributed by atoms with van der Waals surface area (Å²) in [5, 5.41) is 1.27. The van der Waals surface area contributed by atoms with Gasteiger partial charge in [0.15, 0.2) is 0 Å². The van der Waals surface area contributed by atoms with E-state index in [4.69, 9.17) is 11.6 Å². The van der Waals surface area contributed by atoms with Gasteiger partial charge in [0.1, 0.15) is 5.15 Å². The van der Waals surface area contributed by atoms with Crippen LogP contribution in [0.1, 0.15) is 5.56 Å². The Hall–Kier alpha value is -0.910. The SMILES string of the molecule is C=CS(=O)(=O)NCCc1cccnc1Cl. The minimum absolute atomic E-state index is 0.278. The zero-order chi connectivity index (χ0) is 11.3. The molecule has 0 spiro atoms. The smallest absolute Gasteiger partial charge is 0.233 e. The highest BCUT2D eigenvalue weighted by molar-refractivity contribution is 7.92. The lowest BCUT2D eigenvalue weighted by atomic mass is 10.2. The summed E-state index contributed by atoms with van der Waals surface area (Å²) in [5.41, 5.74) is 0.811. The molecule has 0 saturated carbocycles. The minimum Gasteiger partial charge on any atom is -0.244 e. The number of aromatic nitrogens is 1. The van der Waals surface area contributed by atoms with Gasteiger partial charge in [-0.25, -0.2) is 18.1 Å². The molecule has 0 atom stereocenters. The highest BCUT2D eigenvalue weighted by atomic mass is 35.5. The molecule has 1 N–H and O–H groups in total. The maximum Gasteiger partial charge on any atom is 0.233 e. The quantitative estimate of drug-likeness (QED) is 0.798. The summed E-state index contributed by atoms with van der Waals surface area (Å²) in [5.74, 6) is 0. The van der Waals surface area contributed by atoms with Crippen molar-refractivity contribution in [2.75, 3.05) is 6.54 Å². The lowest BCUT2D eigenvalue weighted by Gasteiger charge is -2.03. The molecule has 0 aromatic carbocycles. The average Bonchev–Trinajstić information content (AvgIpc) is 2.21. The van der Waals surface area contributed by atoms with Gasteiger partial charge < -0.3 is 0 Å². The predicted octanol–water partition coefficient (Wildman–Crippen LogP) is 1.34. The van der Waals surface area contributed by atoms with E-state index in [-0.39, 0.29) is 6.54 Å². The Labute approximate surface area is 94.0 Å². The summed E-state index contributed by atoms with van der Waals surface area (Å²) in [6.45, 7) is 3.46. The predicted molar refractivity (Wildman–Crippen MR) is 60.1 cm³/mol. The highest BCUT2D eigenvalue weighted by Gasteiger charge is 2.04. The molecule has 0 radical (unpaired) electrons. The van der Waals surface area contributed by atoms with Gasteiger partial charge in [0.25, 0.3) is 0 Å². The van der Waals surface area contributed by atoms with E-state index >= 15 is 0 Å². The standard InChI is InChI=1S/C9H11ClN2O2S/c1-2-15(13,14)12-7-5-8-4-3-6-11-9(8)10/h2-4,6,12H,1,5,7H2. The van der Waals surface area contributed by atoms with Crippen molar-refractivity contribution in [3.63, 3.8) is 0 Å². The van der Waals surface area contributed by atoms with Crippen LogP contribution < -0.4 is 4.72 Å². The Kier molecular flexibility index (Phi) is 4.26. The third kappa shape index (κ3) is 3.99.